The molecule has 0 radical (unpaired) electrons. The second-order valence-corrected chi connectivity index (χ2v) is 15.9. The number of rotatable bonds is 7. The molecule has 0 bridgehead atoms. The Balaban J connectivity index is 1.05. The van der Waals surface area contributed by atoms with E-state index in [1.165, 1.54) is 10.8 Å². The number of allylic oxidation sites excluding steroid dienone is 4. The lowest BCUT2D eigenvalue weighted by molar-refractivity contribution is 1.05. The highest BCUT2D eigenvalue weighted by atomic mass is 15.2. The van der Waals surface area contributed by atoms with Crippen LogP contribution >= 0.6 is 0 Å². The maximum absolute atomic E-state index is 5.34. The number of fused-ring (bicyclic) bond motifs is 4. The Bertz CT molecular complexity index is 3250. The van der Waals surface area contributed by atoms with Crippen LogP contribution in [0.2, 0.25) is 0 Å². The van der Waals surface area contributed by atoms with Crippen molar-refractivity contribution in [2.75, 3.05) is 11.4 Å². The van der Waals surface area contributed by atoms with Gasteiger partial charge in [-0.05, 0) is 93.6 Å². The van der Waals surface area contributed by atoms with Crippen LogP contribution in [0.5, 0.6) is 0 Å². The molecule has 1 aliphatic rings. The molecule has 4 nitrogen and oxygen atoms in total. The van der Waals surface area contributed by atoms with Crippen LogP contribution in [0.3, 0.4) is 0 Å². The summed E-state index contributed by atoms with van der Waals surface area (Å²) in [4.78, 5) is 13.0. The van der Waals surface area contributed by atoms with Crippen LogP contribution in [-0.2, 0) is 0 Å². The van der Waals surface area contributed by atoms with E-state index in [9.17, 15) is 0 Å². The maximum atomic E-state index is 5.34. The summed E-state index contributed by atoms with van der Waals surface area (Å²) >= 11 is 0. The third-order valence-electron chi connectivity index (χ3n) is 12.0. The van der Waals surface area contributed by atoms with Gasteiger partial charge < -0.3 is 4.90 Å². The smallest absolute Gasteiger partial charge is 0.138 e. The van der Waals surface area contributed by atoms with Gasteiger partial charge in [-0.25, -0.2) is 9.97 Å². The molecule has 0 amide bonds. The Kier molecular flexibility index (Phi) is 9.72. The van der Waals surface area contributed by atoms with Crippen LogP contribution < -0.4 is 4.90 Å². The molecule has 11 rings (SSSR count). The van der Waals surface area contributed by atoms with Crippen molar-refractivity contribution < 1.29 is 0 Å². The molecular formula is C59H42N4. The molecule has 4 heterocycles. The zero-order chi connectivity index (χ0) is 42.1. The fourth-order valence-corrected chi connectivity index (χ4v) is 8.82. The van der Waals surface area contributed by atoms with Crippen LogP contribution in [-0.4, -0.2) is 21.1 Å². The van der Waals surface area contributed by atoms with Crippen LogP contribution in [0.25, 0.3) is 89.1 Å². The lowest BCUT2D eigenvalue weighted by atomic mass is 9.96. The fourth-order valence-electron chi connectivity index (χ4n) is 8.82. The van der Waals surface area contributed by atoms with Gasteiger partial charge in [-0.15, -0.1) is 0 Å². The molecule has 3 aromatic heterocycles. The minimum Gasteiger partial charge on any atom is -0.322 e. The molecule has 10 aromatic rings. The van der Waals surface area contributed by atoms with E-state index in [0.29, 0.717) is 6.54 Å². The van der Waals surface area contributed by atoms with Gasteiger partial charge >= 0.3 is 0 Å². The van der Waals surface area contributed by atoms with Gasteiger partial charge in [-0.1, -0.05) is 183 Å². The average Bonchev–Trinajstić information content (AvgIpc) is 3.72. The van der Waals surface area contributed by atoms with Crippen LogP contribution in [0, 0.1) is 0 Å². The van der Waals surface area contributed by atoms with Crippen molar-refractivity contribution in [3.05, 3.63) is 243 Å². The normalized spacial score (nSPS) is 13.6. The second kappa shape index (κ2) is 16.3. The summed E-state index contributed by atoms with van der Waals surface area (Å²) in [6.45, 7) is 5.24. The fraction of sp³-hybridized carbons (Fsp3) is 0.0169. The van der Waals surface area contributed by atoms with E-state index in [1.54, 1.807) is 0 Å². The Hall–Kier alpha value is -8.34. The third kappa shape index (κ3) is 7.24. The quantitative estimate of drug-likeness (QED) is 0.161. The van der Waals surface area contributed by atoms with E-state index in [2.05, 4.69) is 234 Å². The Morgan fingerprint density at radius 2 is 0.921 bits per heavy atom. The van der Waals surface area contributed by atoms with E-state index in [0.717, 1.165) is 95.4 Å². The van der Waals surface area contributed by atoms with Crippen molar-refractivity contribution in [2.45, 2.75) is 0 Å². The van der Waals surface area contributed by atoms with Gasteiger partial charge in [-0.3, -0.25) is 4.57 Å². The molecule has 0 spiro atoms. The molecule has 0 fully saturated rings. The summed E-state index contributed by atoms with van der Waals surface area (Å²) in [6, 6.07) is 73.0. The summed E-state index contributed by atoms with van der Waals surface area (Å²) in [5.74, 6) is 1.75. The standard InChI is InChI=1S/C59H42N4/c1-41-19-7-6-18-34-62(58-39-48(42-20-8-2-9-21-42)37-53(60-58)44-24-12-4-13-25-44)55-32-30-46(35-51(41)55)47-31-33-57-52(36-47)50-28-16-17-29-56(50)63(57)59-40-49(43-22-10-3-11-23-43)38-54(61-59)45-26-14-5-15-27-45/h2-33,35-40H,1,34H2/b18-6-,19-7-. The van der Waals surface area contributed by atoms with Crippen molar-refractivity contribution in [3.63, 3.8) is 0 Å². The van der Waals surface area contributed by atoms with Crippen molar-refractivity contribution >= 4 is 38.9 Å². The van der Waals surface area contributed by atoms with Crippen molar-refractivity contribution in [2.24, 2.45) is 0 Å². The minimum atomic E-state index is 0.639. The first-order valence-electron chi connectivity index (χ1n) is 21.4. The van der Waals surface area contributed by atoms with Gasteiger partial charge in [0.25, 0.3) is 0 Å². The van der Waals surface area contributed by atoms with Crippen molar-refractivity contribution in [3.8, 4) is 61.7 Å². The third-order valence-corrected chi connectivity index (χ3v) is 12.0. The molecule has 0 aliphatic carbocycles. The monoisotopic (exact) mass is 806 g/mol. The lowest BCUT2D eigenvalue weighted by Gasteiger charge is -2.27. The summed E-state index contributed by atoms with van der Waals surface area (Å²) in [6.07, 6.45) is 8.46. The average molecular weight is 807 g/mol. The van der Waals surface area contributed by atoms with Crippen molar-refractivity contribution in [1.82, 2.24) is 14.5 Å². The van der Waals surface area contributed by atoms with Crippen LogP contribution in [0.1, 0.15) is 5.56 Å². The first-order chi connectivity index (χ1) is 31.1. The molecule has 63 heavy (non-hydrogen) atoms. The number of pyridine rings is 2. The Morgan fingerprint density at radius 3 is 1.57 bits per heavy atom. The predicted molar refractivity (Wildman–Crippen MR) is 264 cm³/mol. The summed E-state index contributed by atoms with van der Waals surface area (Å²) in [7, 11) is 0. The van der Waals surface area contributed by atoms with Crippen molar-refractivity contribution in [1.29, 1.82) is 0 Å². The van der Waals surface area contributed by atoms with E-state index in [1.807, 2.05) is 12.1 Å². The minimum absolute atomic E-state index is 0.639. The van der Waals surface area contributed by atoms with Crippen LogP contribution in [0.15, 0.2) is 237 Å². The largest absolute Gasteiger partial charge is 0.322 e. The molecule has 7 aromatic carbocycles. The van der Waals surface area contributed by atoms with Gasteiger partial charge in [0, 0.05) is 34.0 Å². The van der Waals surface area contributed by atoms with E-state index in [4.69, 9.17) is 9.97 Å². The van der Waals surface area contributed by atoms with Gasteiger partial charge in [0.1, 0.15) is 11.6 Å². The first kappa shape index (κ1) is 37.6. The van der Waals surface area contributed by atoms with Gasteiger partial charge in [0.15, 0.2) is 0 Å². The molecule has 0 unspecified atom stereocenters. The highest BCUT2D eigenvalue weighted by Crippen LogP contribution is 2.41. The molecule has 0 saturated heterocycles. The number of aromatic nitrogens is 3. The second-order valence-electron chi connectivity index (χ2n) is 15.9. The zero-order valence-electron chi connectivity index (χ0n) is 34.6. The van der Waals surface area contributed by atoms with E-state index < -0.39 is 0 Å². The molecule has 4 heteroatoms. The van der Waals surface area contributed by atoms with E-state index in [-0.39, 0.29) is 0 Å². The lowest BCUT2D eigenvalue weighted by Crippen LogP contribution is -2.20. The Labute approximate surface area is 367 Å². The SMILES string of the molecule is C=C1/C=C\C=C/CN(c2cc(-c3ccccc3)cc(-c3ccccc3)n2)c2ccc(-c3ccc4c(c3)c3ccccc3n4-c3cc(-c4ccccc4)cc(-c4ccccc4)n3)cc21. The maximum Gasteiger partial charge on any atom is 0.138 e. The molecule has 0 atom stereocenters. The highest BCUT2D eigenvalue weighted by molar-refractivity contribution is 6.10. The van der Waals surface area contributed by atoms with Gasteiger partial charge in [-0.2, -0.15) is 0 Å². The molecule has 298 valence electrons. The molecule has 1 aliphatic heterocycles. The summed E-state index contributed by atoms with van der Waals surface area (Å²) in [5.41, 5.74) is 16.0. The topological polar surface area (TPSA) is 34.0 Å². The summed E-state index contributed by atoms with van der Waals surface area (Å²) in [5, 5.41) is 2.34. The number of hydrogen-bond donors (Lipinski definition) is 0. The first-order valence-corrected chi connectivity index (χ1v) is 21.4. The van der Waals surface area contributed by atoms with Gasteiger partial charge in [0.2, 0.25) is 0 Å². The zero-order valence-corrected chi connectivity index (χ0v) is 34.6. The molecule has 0 N–H and O–H groups in total. The summed E-state index contributed by atoms with van der Waals surface area (Å²) < 4.78 is 2.31. The number of hydrogen-bond acceptors (Lipinski definition) is 3. The van der Waals surface area contributed by atoms with E-state index >= 15 is 0 Å². The number of benzene rings is 7. The number of para-hydroxylation sites is 1. The predicted octanol–water partition coefficient (Wildman–Crippen LogP) is 15.2. The molecule has 0 saturated carbocycles. The van der Waals surface area contributed by atoms with Gasteiger partial charge in [0.05, 0.1) is 28.1 Å². The molecular weight excluding hydrogens is 765 g/mol. The van der Waals surface area contributed by atoms with Crippen LogP contribution in [0.4, 0.5) is 11.5 Å². The Morgan fingerprint density at radius 1 is 0.397 bits per heavy atom. The number of nitrogens with zero attached hydrogens (tertiary/aromatic N) is 4. The number of anilines is 2. The highest BCUT2D eigenvalue weighted by Gasteiger charge is 2.21.